The average Bonchev–Trinajstić information content (AvgIpc) is 3.14. The maximum Gasteiger partial charge on any atom is 0.150 e. The Kier molecular flexibility index (Phi) is 4.13. The summed E-state index contributed by atoms with van der Waals surface area (Å²) < 4.78 is 8.31. The molecule has 0 amide bonds. The Balaban J connectivity index is 1.37. The summed E-state index contributed by atoms with van der Waals surface area (Å²) in [5.74, 6) is 3.72. The fourth-order valence-electron chi connectivity index (χ4n) is 4.34. The molecule has 2 N–H and O–H groups in total. The van der Waals surface area contributed by atoms with Gasteiger partial charge in [0.25, 0.3) is 0 Å². The largest absolute Gasteiger partial charge is 0.457 e. The first-order valence-electron chi connectivity index (χ1n) is 10.7. The smallest absolute Gasteiger partial charge is 0.150 e. The van der Waals surface area contributed by atoms with E-state index in [1.165, 1.54) is 19.3 Å². The number of benzene rings is 3. The molecule has 1 aliphatic carbocycles. The van der Waals surface area contributed by atoms with Crippen LogP contribution in [0.25, 0.3) is 27.5 Å². The molecule has 0 bridgehead atoms. The first-order chi connectivity index (χ1) is 15.3. The van der Waals surface area contributed by atoms with E-state index in [0.717, 1.165) is 44.9 Å². The highest BCUT2D eigenvalue weighted by Gasteiger charge is 2.26. The third kappa shape index (κ3) is 3.01. The van der Waals surface area contributed by atoms with Gasteiger partial charge in [-0.3, -0.25) is 4.40 Å². The quantitative estimate of drug-likeness (QED) is 0.386. The number of rotatable bonds is 4. The molecular formula is C26H22N4O. The third-order valence-electron chi connectivity index (χ3n) is 6.19. The lowest BCUT2D eigenvalue weighted by Crippen LogP contribution is -2.12. The van der Waals surface area contributed by atoms with Crippen molar-refractivity contribution in [3.05, 3.63) is 84.9 Å². The van der Waals surface area contributed by atoms with Crippen LogP contribution >= 0.6 is 0 Å². The second kappa shape index (κ2) is 7.13. The molecule has 0 aliphatic heterocycles. The number of hydrogen-bond donors (Lipinski definition) is 1. The molecule has 31 heavy (non-hydrogen) atoms. The van der Waals surface area contributed by atoms with Gasteiger partial charge < -0.3 is 10.5 Å². The van der Waals surface area contributed by atoms with Crippen LogP contribution in [0.5, 0.6) is 11.5 Å². The second-order valence-corrected chi connectivity index (χ2v) is 8.08. The van der Waals surface area contributed by atoms with E-state index in [9.17, 15) is 0 Å². The van der Waals surface area contributed by atoms with Crippen LogP contribution in [0, 0.1) is 0 Å². The highest BCUT2D eigenvalue weighted by molar-refractivity contribution is 5.88. The van der Waals surface area contributed by atoms with Crippen LogP contribution in [0.15, 0.2) is 79.1 Å². The van der Waals surface area contributed by atoms with Crippen LogP contribution in [-0.4, -0.2) is 14.4 Å². The zero-order valence-electron chi connectivity index (χ0n) is 17.0. The molecule has 1 fully saturated rings. The van der Waals surface area contributed by atoms with Gasteiger partial charge in [0.1, 0.15) is 34.4 Å². The number of hydrogen-bond acceptors (Lipinski definition) is 4. The van der Waals surface area contributed by atoms with Crippen molar-refractivity contribution in [1.82, 2.24) is 14.4 Å². The first kappa shape index (κ1) is 18.0. The monoisotopic (exact) mass is 406 g/mol. The Morgan fingerprint density at radius 2 is 1.74 bits per heavy atom. The summed E-state index contributed by atoms with van der Waals surface area (Å²) >= 11 is 0. The minimum absolute atomic E-state index is 0.497. The van der Waals surface area contributed by atoms with E-state index in [0.29, 0.717) is 11.7 Å². The van der Waals surface area contributed by atoms with E-state index in [4.69, 9.17) is 15.5 Å². The molecule has 0 saturated heterocycles. The molecule has 3 aromatic carbocycles. The minimum atomic E-state index is 0.497. The Bertz CT molecular complexity index is 1400. The number of nitrogens with two attached hydrogens (primary N) is 1. The van der Waals surface area contributed by atoms with Crippen LogP contribution in [0.4, 0.5) is 5.82 Å². The molecular weight excluding hydrogens is 384 g/mol. The zero-order chi connectivity index (χ0) is 20.8. The molecule has 0 radical (unpaired) electrons. The highest BCUT2D eigenvalue weighted by Crippen LogP contribution is 2.39. The molecule has 5 heteroatoms. The zero-order valence-corrected chi connectivity index (χ0v) is 17.0. The molecule has 5 nitrogen and oxygen atoms in total. The molecule has 1 saturated carbocycles. The van der Waals surface area contributed by atoms with Gasteiger partial charge in [0.2, 0.25) is 0 Å². The van der Waals surface area contributed by atoms with Crippen LogP contribution in [0.2, 0.25) is 0 Å². The number of nitrogens with zero attached hydrogens (tertiary/aromatic N) is 3. The molecule has 0 spiro atoms. The second-order valence-electron chi connectivity index (χ2n) is 8.08. The summed E-state index contributed by atoms with van der Waals surface area (Å²) in [5, 5.41) is 2.26. The Labute approximate surface area is 180 Å². The van der Waals surface area contributed by atoms with Gasteiger partial charge in [-0.05, 0) is 48.6 Å². The summed E-state index contributed by atoms with van der Waals surface area (Å²) in [6.45, 7) is 0. The van der Waals surface area contributed by atoms with E-state index in [1.54, 1.807) is 6.20 Å². The summed E-state index contributed by atoms with van der Waals surface area (Å²) in [6.07, 6.45) is 7.33. The van der Waals surface area contributed by atoms with Crippen molar-refractivity contribution in [2.24, 2.45) is 0 Å². The number of anilines is 1. The Hall–Kier alpha value is -3.86. The van der Waals surface area contributed by atoms with E-state index in [-0.39, 0.29) is 0 Å². The minimum Gasteiger partial charge on any atom is -0.457 e. The van der Waals surface area contributed by atoms with Gasteiger partial charge in [-0.1, -0.05) is 42.8 Å². The Morgan fingerprint density at radius 1 is 0.935 bits per heavy atom. The van der Waals surface area contributed by atoms with Crippen LogP contribution in [0.3, 0.4) is 0 Å². The molecule has 2 aromatic heterocycles. The van der Waals surface area contributed by atoms with Crippen molar-refractivity contribution in [2.45, 2.75) is 25.2 Å². The summed E-state index contributed by atoms with van der Waals surface area (Å²) in [6, 6.07) is 22.4. The maximum absolute atomic E-state index is 6.26. The van der Waals surface area contributed by atoms with Gasteiger partial charge in [-0.25, -0.2) is 9.97 Å². The maximum atomic E-state index is 6.26. The molecule has 5 aromatic rings. The number of ether oxygens (including phenoxy) is 1. The molecule has 152 valence electrons. The van der Waals surface area contributed by atoms with E-state index < -0.39 is 0 Å². The fourth-order valence-corrected chi connectivity index (χ4v) is 4.34. The average molecular weight is 406 g/mol. The van der Waals surface area contributed by atoms with Gasteiger partial charge in [-0.15, -0.1) is 0 Å². The van der Waals surface area contributed by atoms with Crippen molar-refractivity contribution in [1.29, 1.82) is 0 Å². The lowest BCUT2D eigenvalue weighted by atomic mass is 9.85. The number of nitrogen functional groups attached to an aromatic ring is 1. The van der Waals surface area contributed by atoms with Crippen LogP contribution < -0.4 is 10.5 Å². The SMILES string of the molecule is Nc1nccn2c(C3CCC3)nc(-c3ccc(Oc4cccc5ccccc45)cc3)c12. The Morgan fingerprint density at radius 3 is 2.55 bits per heavy atom. The van der Waals surface area contributed by atoms with Gasteiger partial charge in [-0.2, -0.15) is 0 Å². The van der Waals surface area contributed by atoms with Gasteiger partial charge in [0.15, 0.2) is 0 Å². The standard InChI is InChI=1S/C26H22N4O/c27-25-24-23(29-26(19-7-3-8-19)30(24)16-15-28-25)18-11-13-20(14-12-18)31-22-10-4-6-17-5-1-2-9-21(17)22/h1-2,4-6,9-16,19H,3,7-8H2,(H2,27,28). The highest BCUT2D eigenvalue weighted by atomic mass is 16.5. The summed E-state index contributed by atoms with van der Waals surface area (Å²) in [5.41, 5.74) is 9.02. The van der Waals surface area contributed by atoms with E-state index >= 15 is 0 Å². The number of fused-ring (bicyclic) bond motifs is 2. The summed E-state index contributed by atoms with van der Waals surface area (Å²) in [4.78, 5) is 9.30. The van der Waals surface area contributed by atoms with Crippen molar-refractivity contribution < 1.29 is 4.74 Å². The van der Waals surface area contributed by atoms with Crippen LogP contribution in [-0.2, 0) is 0 Å². The molecule has 0 atom stereocenters. The van der Waals surface area contributed by atoms with Crippen molar-refractivity contribution in [3.63, 3.8) is 0 Å². The van der Waals surface area contributed by atoms with E-state index in [1.807, 2.05) is 54.7 Å². The lowest BCUT2D eigenvalue weighted by Gasteiger charge is -2.23. The van der Waals surface area contributed by atoms with E-state index in [2.05, 4.69) is 27.6 Å². The predicted octanol–water partition coefficient (Wildman–Crippen LogP) is 6.19. The third-order valence-corrected chi connectivity index (χ3v) is 6.19. The normalized spacial score (nSPS) is 14.1. The predicted molar refractivity (Wildman–Crippen MR) is 123 cm³/mol. The summed E-state index contributed by atoms with van der Waals surface area (Å²) in [7, 11) is 0. The molecule has 6 rings (SSSR count). The molecule has 1 aliphatic rings. The topological polar surface area (TPSA) is 65.4 Å². The van der Waals surface area contributed by atoms with Gasteiger partial charge in [0.05, 0.1) is 0 Å². The van der Waals surface area contributed by atoms with Crippen molar-refractivity contribution >= 4 is 22.1 Å². The van der Waals surface area contributed by atoms with Crippen LogP contribution in [0.1, 0.15) is 31.0 Å². The van der Waals surface area contributed by atoms with Crippen molar-refractivity contribution in [2.75, 3.05) is 5.73 Å². The number of imidazole rings is 1. The van der Waals surface area contributed by atoms with Gasteiger partial charge >= 0.3 is 0 Å². The fraction of sp³-hybridized carbons (Fsp3) is 0.154. The van der Waals surface area contributed by atoms with Crippen molar-refractivity contribution in [3.8, 4) is 22.8 Å². The lowest BCUT2D eigenvalue weighted by molar-refractivity contribution is 0.400. The van der Waals surface area contributed by atoms with Gasteiger partial charge in [0, 0.05) is 29.3 Å². The molecule has 2 heterocycles. The first-order valence-corrected chi connectivity index (χ1v) is 10.7. The molecule has 0 unspecified atom stereocenters. The number of aromatic nitrogens is 3.